The van der Waals surface area contributed by atoms with Gasteiger partial charge in [-0.05, 0) is 29.3 Å². The molecule has 3 rings (SSSR count). The maximum Gasteiger partial charge on any atom is 0.290 e. The molecule has 0 spiro atoms. The smallest absolute Gasteiger partial charge is 0.290 e. The fraction of sp³-hybridized carbons (Fsp3) is 0.286. The van der Waals surface area contributed by atoms with E-state index in [4.69, 9.17) is 4.74 Å². The molecule has 27 heavy (non-hydrogen) atoms. The number of hydrogen-bond acceptors (Lipinski definition) is 5. The monoisotopic (exact) mass is 366 g/mol. The number of aliphatic hydroxyl groups is 1. The predicted octanol–water partition coefficient (Wildman–Crippen LogP) is 3.21. The highest BCUT2D eigenvalue weighted by Gasteiger charge is 2.43. The average Bonchev–Trinajstić information content (AvgIpc) is 2.93. The van der Waals surface area contributed by atoms with Gasteiger partial charge in [-0.1, -0.05) is 32.0 Å². The Morgan fingerprint density at radius 2 is 1.96 bits per heavy atom. The molecule has 1 aliphatic rings. The van der Waals surface area contributed by atoms with Crippen molar-refractivity contribution in [2.24, 2.45) is 5.92 Å². The molecule has 6 nitrogen and oxygen atoms in total. The van der Waals surface area contributed by atoms with Crippen LogP contribution in [-0.2, 0) is 16.1 Å². The van der Waals surface area contributed by atoms with E-state index in [0.717, 1.165) is 5.56 Å². The lowest BCUT2D eigenvalue weighted by Gasteiger charge is -2.27. The summed E-state index contributed by atoms with van der Waals surface area (Å²) in [6.07, 6.45) is 3.24. The number of Topliss-reactive ketones (excluding diaryl/α,β-unsaturated/α-hetero) is 1. The van der Waals surface area contributed by atoms with Crippen molar-refractivity contribution in [1.82, 2.24) is 9.88 Å². The summed E-state index contributed by atoms with van der Waals surface area (Å²) in [7, 11) is 1.59. The summed E-state index contributed by atoms with van der Waals surface area (Å²) in [6.45, 7) is 3.75. The third kappa shape index (κ3) is 3.56. The Balaban J connectivity index is 2.01. The number of methoxy groups -OCH3 is 1. The molecule has 0 saturated heterocycles. The highest BCUT2D eigenvalue weighted by Crippen LogP contribution is 2.39. The summed E-state index contributed by atoms with van der Waals surface area (Å²) in [5.74, 6) is -0.895. The van der Waals surface area contributed by atoms with Crippen LogP contribution in [0.25, 0.3) is 0 Å². The van der Waals surface area contributed by atoms with Gasteiger partial charge < -0.3 is 14.7 Å². The first-order valence-electron chi connectivity index (χ1n) is 8.75. The van der Waals surface area contributed by atoms with Crippen LogP contribution in [0.4, 0.5) is 0 Å². The van der Waals surface area contributed by atoms with Crippen molar-refractivity contribution in [2.45, 2.75) is 26.4 Å². The fourth-order valence-corrected chi connectivity index (χ4v) is 3.19. The van der Waals surface area contributed by atoms with Gasteiger partial charge in [-0.15, -0.1) is 0 Å². The van der Waals surface area contributed by atoms with Crippen molar-refractivity contribution in [2.75, 3.05) is 7.11 Å². The minimum absolute atomic E-state index is 0.136. The molecule has 1 unspecified atom stereocenters. The van der Waals surface area contributed by atoms with Gasteiger partial charge in [-0.2, -0.15) is 0 Å². The van der Waals surface area contributed by atoms with Gasteiger partial charge >= 0.3 is 0 Å². The Kier molecular flexibility index (Phi) is 5.26. The molecular weight excluding hydrogens is 344 g/mol. The van der Waals surface area contributed by atoms with E-state index in [0.29, 0.717) is 11.3 Å². The van der Waals surface area contributed by atoms with Gasteiger partial charge in [0.15, 0.2) is 11.5 Å². The summed E-state index contributed by atoms with van der Waals surface area (Å²) >= 11 is 0. The van der Waals surface area contributed by atoms with Gasteiger partial charge in [0.05, 0.1) is 18.7 Å². The molecule has 0 fully saturated rings. The number of carbonyl (C=O) groups is 2. The van der Waals surface area contributed by atoms with Crippen molar-refractivity contribution in [3.8, 4) is 5.75 Å². The number of aliphatic hydroxyl groups excluding tert-OH is 1. The summed E-state index contributed by atoms with van der Waals surface area (Å²) in [5, 5.41) is 10.5. The summed E-state index contributed by atoms with van der Waals surface area (Å²) < 4.78 is 5.16. The van der Waals surface area contributed by atoms with Crippen LogP contribution in [0.5, 0.6) is 5.75 Å². The molecule has 1 aromatic heterocycles. The zero-order chi connectivity index (χ0) is 19.6. The fourth-order valence-electron chi connectivity index (χ4n) is 3.19. The van der Waals surface area contributed by atoms with Crippen LogP contribution in [0, 0.1) is 5.92 Å². The predicted molar refractivity (Wildman–Crippen MR) is 100 cm³/mol. The molecule has 2 aromatic rings. The highest BCUT2D eigenvalue weighted by atomic mass is 16.5. The Bertz CT molecular complexity index is 873. The van der Waals surface area contributed by atoms with Crippen LogP contribution in [0.15, 0.2) is 60.1 Å². The lowest BCUT2D eigenvalue weighted by atomic mass is 9.92. The Labute approximate surface area is 158 Å². The molecule has 0 saturated carbocycles. The van der Waals surface area contributed by atoms with Gasteiger partial charge in [-0.25, -0.2) is 0 Å². The van der Waals surface area contributed by atoms with E-state index in [1.54, 1.807) is 45.5 Å². The van der Waals surface area contributed by atoms with Crippen LogP contribution < -0.4 is 4.74 Å². The SMILES string of the molecule is COc1ccc(CN2C(=O)C(O)=C(C(=O)C(C)C)C2c2cccnc2)cc1. The molecule has 1 aromatic carbocycles. The Hall–Kier alpha value is -3.15. The molecule has 2 heterocycles. The largest absolute Gasteiger partial charge is 0.503 e. The number of pyridine rings is 1. The first-order chi connectivity index (χ1) is 12.9. The molecule has 1 N–H and O–H groups in total. The zero-order valence-corrected chi connectivity index (χ0v) is 15.5. The van der Waals surface area contributed by atoms with E-state index in [1.807, 2.05) is 24.3 Å². The van der Waals surface area contributed by atoms with E-state index in [9.17, 15) is 14.7 Å². The zero-order valence-electron chi connectivity index (χ0n) is 15.5. The number of aromatic nitrogens is 1. The van der Waals surface area contributed by atoms with E-state index in [1.165, 1.54) is 4.90 Å². The molecule has 6 heteroatoms. The second kappa shape index (κ2) is 7.61. The van der Waals surface area contributed by atoms with Crippen molar-refractivity contribution in [1.29, 1.82) is 0 Å². The number of ketones is 1. The second-order valence-electron chi connectivity index (χ2n) is 6.75. The summed E-state index contributed by atoms with van der Waals surface area (Å²) in [4.78, 5) is 31.1. The normalized spacial score (nSPS) is 17.0. The second-order valence-corrected chi connectivity index (χ2v) is 6.75. The summed E-state index contributed by atoms with van der Waals surface area (Å²) in [6, 6.07) is 10.2. The number of nitrogens with zero attached hydrogens (tertiary/aromatic N) is 2. The molecular formula is C21H22N2O4. The maximum absolute atomic E-state index is 12.8. The molecule has 1 aliphatic heterocycles. The lowest BCUT2D eigenvalue weighted by molar-refractivity contribution is -0.130. The maximum atomic E-state index is 12.8. The van der Waals surface area contributed by atoms with Crippen molar-refractivity contribution < 1.29 is 19.4 Å². The number of benzene rings is 1. The van der Waals surface area contributed by atoms with Crippen LogP contribution >= 0.6 is 0 Å². The first-order valence-corrected chi connectivity index (χ1v) is 8.75. The molecule has 1 amide bonds. The van der Waals surface area contributed by atoms with Crippen LogP contribution in [0.2, 0.25) is 0 Å². The first kappa shape index (κ1) is 18.6. The van der Waals surface area contributed by atoms with Crippen molar-refractivity contribution in [3.63, 3.8) is 0 Å². The minimum Gasteiger partial charge on any atom is -0.503 e. The molecule has 0 aliphatic carbocycles. The third-order valence-corrected chi connectivity index (χ3v) is 4.61. The number of rotatable bonds is 6. The molecule has 140 valence electrons. The van der Waals surface area contributed by atoms with Gasteiger partial charge in [-0.3, -0.25) is 14.6 Å². The van der Waals surface area contributed by atoms with Crippen LogP contribution in [0.1, 0.15) is 31.0 Å². The topological polar surface area (TPSA) is 79.7 Å². The minimum atomic E-state index is -0.664. The van der Waals surface area contributed by atoms with Gasteiger partial charge in [0.25, 0.3) is 5.91 Å². The quantitative estimate of drug-likeness (QED) is 0.849. The van der Waals surface area contributed by atoms with Gasteiger partial charge in [0.1, 0.15) is 5.75 Å². The van der Waals surface area contributed by atoms with Gasteiger partial charge in [0.2, 0.25) is 0 Å². The van der Waals surface area contributed by atoms with Crippen LogP contribution in [0.3, 0.4) is 0 Å². The Morgan fingerprint density at radius 1 is 1.26 bits per heavy atom. The molecule has 0 bridgehead atoms. The van der Waals surface area contributed by atoms with E-state index in [-0.39, 0.29) is 23.8 Å². The average molecular weight is 366 g/mol. The highest BCUT2D eigenvalue weighted by molar-refractivity contribution is 6.09. The van der Waals surface area contributed by atoms with E-state index in [2.05, 4.69) is 4.98 Å². The van der Waals surface area contributed by atoms with Gasteiger partial charge in [0, 0.05) is 24.9 Å². The lowest BCUT2D eigenvalue weighted by Crippen LogP contribution is -2.31. The standard InChI is InChI=1S/C21H22N2O4/c1-13(2)19(24)17-18(15-5-4-10-22-11-15)23(21(26)20(17)25)12-14-6-8-16(27-3)9-7-14/h4-11,13,18,25H,12H2,1-3H3. The third-order valence-electron chi connectivity index (χ3n) is 4.61. The Morgan fingerprint density at radius 3 is 2.52 bits per heavy atom. The van der Waals surface area contributed by atoms with Crippen LogP contribution in [-0.4, -0.2) is 33.8 Å². The number of amides is 1. The number of carbonyl (C=O) groups excluding carboxylic acids is 2. The molecule has 0 radical (unpaired) electrons. The van der Waals surface area contributed by atoms with E-state index >= 15 is 0 Å². The number of hydrogen-bond donors (Lipinski definition) is 1. The van der Waals surface area contributed by atoms with Crippen molar-refractivity contribution in [3.05, 3.63) is 71.3 Å². The summed E-state index contributed by atoms with van der Waals surface area (Å²) in [5.41, 5.74) is 1.69. The van der Waals surface area contributed by atoms with E-state index < -0.39 is 17.7 Å². The van der Waals surface area contributed by atoms with Crippen molar-refractivity contribution >= 4 is 11.7 Å². The molecule has 1 atom stereocenters. The number of ether oxygens (including phenoxy) is 1.